The van der Waals surface area contributed by atoms with Crippen LogP contribution in [0.25, 0.3) is 0 Å². The van der Waals surface area contributed by atoms with Gasteiger partial charge in [-0.1, -0.05) is 29.8 Å². The summed E-state index contributed by atoms with van der Waals surface area (Å²) in [6, 6.07) is 21.8. The van der Waals surface area contributed by atoms with Crippen molar-refractivity contribution < 1.29 is 9.18 Å². The molecular formula is C23H21FN4O. The van der Waals surface area contributed by atoms with Crippen LogP contribution >= 0.6 is 0 Å². The summed E-state index contributed by atoms with van der Waals surface area (Å²) in [7, 11) is 0. The highest BCUT2D eigenvalue weighted by Crippen LogP contribution is 2.19. The van der Waals surface area contributed by atoms with Crippen molar-refractivity contribution in [3.05, 3.63) is 95.3 Å². The van der Waals surface area contributed by atoms with Crippen molar-refractivity contribution in [1.82, 2.24) is 5.43 Å². The average Bonchev–Trinajstić information content (AvgIpc) is 3.24. The third kappa shape index (κ3) is 4.43. The maximum absolute atomic E-state index is 13.0. The predicted octanol–water partition coefficient (Wildman–Crippen LogP) is 4.31. The minimum Gasteiger partial charge on any atom is -0.381 e. The summed E-state index contributed by atoms with van der Waals surface area (Å²) in [5, 5.41) is 5.19. The number of hydrogen-bond donors (Lipinski definition) is 2. The second-order valence-corrected chi connectivity index (χ2v) is 6.91. The minimum absolute atomic E-state index is 0.248. The average molecular weight is 388 g/mol. The van der Waals surface area contributed by atoms with Gasteiger partial charge >= 0.3 is 0 Å². The fourth-order valence-electron chi connectivity index (χ4n) is 3.02. The fourth-order valence-corrected chi connectivity index (χ4v) is 3.02. The van der Waals surface area contributed by atoms with Crippen LogP contribution in [0.3, 0.4) is 0 Å². The van der Waals surface area contributed by atoms with E-state index in [9.17, 15) is 9.18 Å². The lowest BCUT2D eigenvalue weighted by molar-refractivity contribution is 0.106. The normalized spacial score (nSPS) is 13.0. The van der Waals surface area contributed by atoms with Gasteiger partial charge in [0.05, 0.1) is 5.69 Å². The number of benzene rings is 3. The molecule has 146 valence electrons. The van der Waals surface area contributed by atoms with E-state index >= 15 is 0 Å². The molecule has 3 aromatic rings. The molecule has 0 fully saturated rings. The zero-order valence-corrected chi connectivity index (χ0v) is 16.0. The van der Waals surface area contributed by atoms with E-state index in [0.29, 0.717) is 12.2 Å². The lowest BCUT2D eigenvalue weighted by Crippen LogP contribution is -2.39. The maximum Gasteiger partial charge on any atom is 0.229 e. The number of aliphatic imine (C=N–C) groups is 1. The van der Waals surface area contributed by atoms with E-state index in [2.05, 4.69) is 46.9 Å². The van der Waals surface area contributed by atoms with Crippen molar-refractivity contribution >= 4 is 23.0 Å². The Balaban J connectivity index is 1.34. The highest BCUT2D eigenvalue weighted by molar-refractivity contribution is 6.45. The Bertz CT molecular complexity index is 1030. The third-order valence-corrected chi connectivity index (χ3v) is 4.73. The smallest absolute Gasteiger partial charge is 0.229 e. The molecule has 0 saturated heterocycles. The summed E-state index contributed by atoms with van der Waals surface area (Å²) in [6.45, 7) is 3.16. The molecule has 3 aromatic carbocycles. The van der Waals surface area contributed by atoms with Gasteiger partial charge < -0.3 is 5.32 Å². The summed E-state index contributed by atoms with van der Waals surface area (Å²) in [6.07, 6.45) is 0. The number of hydrogen-bond acceptors (Lipinski definition) is 5. The number of carbonyl (C=O) groups is 1. The van der Waals surface area contributed by atoms with Crippen LogP contribution in [0.15, 0.2) is 77.8 Å². The van der Waals surface area contributed by atoms with Crippen LogP contribution in [0, 0.1) is 12.7 Å². The molecule has 29 heavy (non-hydrogen) atoms. The van der Waals surface area contributed by atoms with Gasteiger partial charge in [0, 0.05) is 17.8 Å². The molecule has 1 heterocycles. The predicted molar refractivity (Wildman–Crippen MR) is 114 cm³/mol. The number of ketones is 1. The molecule has 0 amide bonds. The van der Waals surface area contributed by atoms with Gasteiger partial charge in [0.2, 0.25) is 5.78 Å². The first-order valence-corrected chi connectivity index (χ1v) is 9.37. The molecule has 0 aliphatic carbocycles. The number of carbonyl (C=O) groups excluding carboxylic acids is 1. The number of halogens is 1. The van der Waals surface area contributed by atoms with Crippen LogP contribution < -0.4 is 15.8 Å². The number of amidine groups is 1. The van der Waals surface area contributed by atoms with Crippen molar-refractivity contribution in [2.24, 2.45) is 4.99 Å². The first kappa shape index (κ1) is 18.7. The number of nitrogens with one attached hydrogen (secondary N) is 2. The van der Waals surface area contributed by atoms with Gasteiger partial charge in [0.25, 0.3) is 0 Å². The SMILES string of the molecule is Cc1ccc(CNc2ccc(N3CN=C(C(=O)c4ccc(F)cc4)N3)cc2)cc1. The molecule has 5 nitrogen and oxygen atoms in total. The van der Waals surface area contributed by atoms with E-state index in [1.54, 1.807) is 5.01 Å². The zero-order valence-electron chi connectivity index (χ0n) is 16.0. The summed E-state index contributed by atoms with van der Waals surface area (Å²) >= 11 is 0. The van der Waals surface area contributed by atoms with E-state index in [1.165, 1.54) is 35.4 Å². The Morgan fingerprint density at radius 1 is 1.03 bits per heavy atom. The van der Waals surface area contributed by atoms with Gasteiger partial charge in [-0.15, -0.1) is 0 Å². The van der Waals surface area contributed by atoms with Crippen LogP contribution in [-0.2, 0) is 6.54 Å². The van der Waals surface area contributed by atoms with E-state index in [0.717, 1.165) is 17.9 Å². The number of nitrogens with zero attached hydrogens (tertiary/aromatic N) is 2. The Morgan fingerprint density at radius 3 is 2.41 bits per heavy atom. The molecule has 4 rings (SSSR count). The Hall–Kier alpha value is -3.67. The van der Waals surface area contributed by atoms with Gasteiger partial charge in [-0.2, -0.15) is 0 Å². The zero-order chi connectivity index (χ0) is 20.2. The van der Waals surface area contributed by atoms with Gasteiger partial charge in [0.15, 0.2) is 5.84 Å². The lowest BCUT2D eigenvalue weighted by Gasteiger charge is -2.18. The molecular weight excluding hydrogens is 367 g/mol. The van der Waals surface area contributed by atoms with Crippen LogP contribution in [-0.4, -0.2) is 18.3 Å². The van der Waals surface area contributed by atoms with E-state index in [1.807, 2.05) is 24.3 Å². The second kappa shape index (κ2) is 8.14. The quantitative estimate of drug-likeness (QED) is 0.618. The highest BCUT2D eigenvalue weighted by Gasteiger charge is 2.22. The fraction of sp³-hybridized carbons (Fsp3) is 0.130. The Morgan fingerprint density at radius 2 is 1.72 bits per heavy atom. The van der Waals surface area contributed by atoms with Crippen molar-refractivity contribution in [3.63, 3.8) is 0 Å². The van der Waals surface area contributed by atoms with Gasteiger partial charge in [-0.05, 0) is 61.0 Å². The molecule has 0 spiro atoms. The lowest BCUT2D eigenvalue weighted by atomic mass is 10.1. The van der Waals surface area contributed by atoms with Crippen LogP contribution in [0.5, 0.6) is 0 Å². The van der Waals surface area contributed by atoms with Crippen molar-refractivity contribution in [2.75, 3.05) is 17.0 Å². The monoisotopic (exact) mass is 388 g/mol. The molecule has 0 unspecified atom stereocenters. The van der Waals surface area contributed by atoms with Crippen molar-refractivity contribution in [3.8, 4) is 0 Å². The van der Waals surface area contributed by atoms with E-state index in [4.69, 9.17) is 0 Å². The standard InChI is InChI=1S/C23H21FN4O/c1-16-2-4-17(5-3-16)14-25-20-10-12-21(13-11-20)28-15-26-23(27-28)22(29)18-6-8-19(24)9-7-18/h2-13,25H,14-15H2,1H3,(H,26,27). The molecule has 1 aliphatic rings. The molecule has 0 atom stereocenters. The third-order valence-electron chi connectivity index (χ3n) is 4.73. The van der Waals surface area contributed by atoms with Crippen LogP contribution in [0.1, 0.15) is 21.5 Å². The van der Waals surface area contributed by atoms with Crippen LogP contribution in [0.2, 0.25) is 0 Å². The largest absolute Gasteiger partial charge is 0.381 e. The van der Waals surface area contributed by atoms with Crippen molar-refractivity contribution in [1.29, 1.82) is 0 Å². The minimum atomic E-state index is -0.374. The summed E-state index contributed by atoms with van der Waals surface area (Å²) in [5.74, 6) is -0.386. The first-order chi connectivity index (χ1) is 14.1. The van der Waals surface area contributed by atoms with E-state index < -0.39 is 0 Å². The molecule has 0 bridgehead atoms. The number of Topliss-reactive ketones (excluding diaryl/α,β-unsaturated/α-hetero) is 1. The summed E-state index contributed by atoms with van der Waals surface area (Å²) in [4.78, 5) is 16.7. The highest BCUT2D eigenvalue weighted by atomic mass is 19.1. The Labute approximate surface area is 168 Å². The molecule has 0 aromatic heterocycles. The summed E-state index contributed by atoms with van der Waals surface area (Å²) in [5.41, 5.74) is 7.80. The molecule has 6 heteroatoms. The maximum atomic E-state index is 13.0. The topological polar surface area (TPSA) is 56.7 Å². The molecule has 0 saturated carbocycles. The summed E-state index contributed by atoms with van der Waals surface area (Å²) < 4.78 is 13.0. The number of rotatable bonds is 6. The molecule has 1 aliphatic heterocycles. The number of aryl methyl sites for hydroxylation is 1. The van der Waals surface area contributed by atoms with E-state index in [-0.39, 0.29) is 17.4 Å². The van der Waals surface area contributed by atoms with Crippen molar-refractivity contribution in [2.45, 2.75) is 13.5 Å². The van der Waals surface area contributed by atoms with Gasteiger partial charge in [-0.3, -0.25) is 15.2 Å². The number of hydrazine groups is 1. The van der Waals surface area contributed by atoms with Gasteiger partial charge in [-0.25, -0.2) is 9.38 Å². The molecule has 2 N–H and O–H groups in total. The molecule has 0 radical (unpaired) electrons. The Kier molecular flexibility index (Phi) is 5.24. The van der Waals surface area contributed by atoms with Crippen LogP contribution in [0.4, 0.5) is 15.8 Å². The second-order valence-electron chi connectivity index (χ2n) is 6.91. The first-order valence-electron chi connectivity index (χ1n) is 9.37. The van der Waals surface area contributed by atoms with Gasteiger partial charge in [0.1, 0.15) is 12.5 Å². The number of anilines is 2.